The lowest BCUT2D eigenvalue weighted by atomic mass is 10.0. The van der Waals surface area contributed by atoms with E-state index in [1.165, 1.54) is 0 Å². The Morgan fingerprint density at radius 1 is 1.24 bits per heavy atom. The van der Waals surface area contributed by atoms with Gasteiger partial charge in [-0.25, -0.2) is 9.67 Å². The average molecular weight is 382 g/mol. The minimum Gasteiger partial charge on any atom is -0.337 e. The number of rotatable bonds is 2. The molecule has 0 unspecified atom stereocenters. The normalized spacial score (nSPS) is 22.0. The van der Waals surface area contributed by atoms with E-state index < -0.39 is 0 Å². The number of aromatic nitrogens is 3. The molecule has 2 aliphatic heterocycles. The fourth-order valence-corrected chi connectivity index (χ4v) is 3.92. The summed E-state index contributed by atoms with van der Waals surface area (Å²) >= 11 is 6.27. The van der Waals surface area contributed by atoms with E-state index in [9.17, 15) is 4.79 Å². The fourth-order valence-electron chi connectivity index (χ4n) is 3.73. The molecule has 2 aliphatic rings. The molecule has 2 atom stereocenters. The van der Waals surface area contributed by atoms with Gasteiger partial charge in [-0.3, -0.25) is 4.79 Å². The molecule has 2 aromatic heterocycles. The third-order valence-electron chi connectivity index (χ3n) is 4.94. The van der Waals surface area contributed by atoms with Gasteiger partial charge in [0.05, 0.1) is 10.7 Å². The maximum atomic E-state index is 12.9. The van der Waals surface area contributed by atoms with Crippen molar-refractivity contribution in [3.63, 3.8) is 0 Å². The lowest BCUT2D eigenvalue weighted by Crippen LogP contribution is -2.32. The van der Waals surface area contributed by atoms with Crippen LogP contribution in [-0.4, -0.2) is 51.8 Å². The standard InChI is InChI=1S/C17H20ClN5O.ClH/c1-10-5-11(2)23(21-10)15-4-3-14(18)16(20-15)17(24)22-8-12-6-19-7-13(12)9-22;/h3-5,12-13,19H,6-9H2,1-2H3;1H/t12-,13+;. The van der Waals surface area contributed by atoms with Gasteiger partial charge in [-0.2, -0.15) is 5.10 Å². The Morgan fingerprint density at radius 2 is 1.92 bits per heavy atom. The SMILES string of the molecule is Cc1cc(C)n(-c2ccc(Cl)c(C(=O)N3C[C@H]4CNC[C@H]4C3)n2)n1.Cl. The second-order valence-corrected chi connectivity index (χ2v) is 7.13. The van der Waals surface area contributed by atoms with E-state index in [0.29, 0.717) is 28.4 Å². The van der Waals surface area contributed by atoms with Gasteiger partial charge in [0.25, 0.3) is 5.91 Å². The second-order valence-electron chi connectivity index (χ2n) is 6.73. The summed E-state index contributed by atoms with van der Waals surface area (Å²) in [5, 5.41) is 8.20. The van der Waals surface area contributed by atoms with Crippen molar-refractivity contribution in [2.75, 3.05) is 26.2 Å². The monoisotopic (exact) mass is 381 g/mol. The Labute approximate surface area is 158 Å². The van der Waals surface area contributed by atoms with Crippen LogP contribution >= 0.6 is 24.0 Å². The molecule has 2 fully saturated rings. The molecule has 1 N–H and O–H groups in total. The summed E-state index contributed by atoms with van der Waals surface area (Å²) in [6, 6.07) is 5.50. The maximum absolute atomic E-state index is 12.9. The summed E-state index contributed by atoms with van der Waals surface area (Å²) < 4.78 is 1.74. The summed E-state index contributed by atoms with van der Waals surface area (Å²) in [6.45, 7) is 7.43. The van der Waals surface area contributed by atoms with Crippen LogP contribution in [0.25, 0.3) is 5.82 Å². The zero-order chi connectivity index (χ0) is 16.8. The van der Waals surface area contributed by atoms with E-state index in [1.807, 2.05) is 24.8 Å². The van der Waals surface area contributed by atoms with Crippen molar-refractivity contribution in [1.29, 1.82) is 0 Å². The topological polar surface area (TPSA) is 63.1 Å². The summed E-state index contributed by atoms with van der Waals surface area (Å²) in [7, 11) is 0. The Bertz CT molecular complexity index is 794. The lowest BCUT2D eigenvalue weighted by Gasteiger charge is -2.18. The van der Waals surface area contributed by atoms with Gasteiger partial charge in [-0.05, 0) is 43.9 Å². The van der Waals surface area contributed by atoms with Crippen molar-refractivity contribution in [3.8, 4) is 5.82 Å². The van der Waals surface area contributed by atoms with Gasteiger partial charge in [0, 0.05) is 31.9 Å². The van der Waals surface area contributed by atoms with Crippen LogP contribution in [0.2, 0.25) is 5.02 Å². The van der Waals surface area contributed by atoms with Crippen LogP contribution < -0.4 is 5.32 Å². The van der Waals surface area contributed by atoms with E-state index in [-0.39, 0.29) is 18.3 Å². The van der Waals surface area contributed by atoms with Gasteiger partial charge in [0.2, 0.25) is 0 Å². The first-order valence-corrected chi connectivity index (χ1v) is 8.61. The molecule has 0 aliphatic carbocycles. The third kappa shape index (κ3) is 3.26. The molecule has 6 nitrogen and oxygen atoms in total. The highest BCUT2D eigenvalue weighted by Crippen LogP contribution is 2.28. The Morgan fingerprint density at radius 3 is 2.52 bits per heavy atom. The molecule has 134 valence electrons. The van der Waals surface area contributed by atoms with Gasteiger partial charge in [-0.15, -0.1) is 12.4 Å². The largest absolute Gasteiger partial charge is 0.337 e. The molecule has 2 aromatic rings. The highest BCUT2D eigenvalue weighted by atomic mass is 35.5. The molecule has 0 spiro atoms. The Balaban J connectivity index is 0.00000182. The first-order chi connectivity index (χ1) is 11.5. The van der Waals surface area contributed by atoms with E-state index in [0.717, 1.165) is 37.6 Å². The molecule has 25 heavy (non-hydrogen) atoms. The highest BCUT2D eigenvalue weighted by Gasteiger charge is 2.39. The van der Waals surface area contributed by atoms with Gasteiger partial charge >= 0.3 is 0 Å². The molecule has 8 heteroatoms. The van der Waals surface area contributed by atoms with Crippen LogP contribution in [-0.2, 0) is 0 Å². The van der Waals surface area contributed by atoms with Crippen molar-refractivity contribution < 1.29 is 4.79 Å². The Kier molecular flexibility index (Phi) is 5.04. The van der Waals surface area contributed by atoms with Crippen molar-refractivity contribution in [3.05, 3.63) is 40.3 Å². The van der Waals surface area contributed by atoms with Crippen LogP contribution in [0.5, 0.6) is 0 Å². The Hall–Kier alpha value is -1.63. The van der Waals surface area contributed by atoms with Crippen molar-refractivity contribution in [2.45, 2.75) is 13.8 Å². The van der Waals surface area contributed by atoms with Gasteiger partial charge < -0.3 is 10.2 Å². The number of nitrogens with zero attached hydrogens (tertiary/aromatic N) is 4. The van der Waals surface area contributed by atoms with Crippen LogP contribution in [0.3, 0.4) is 0 Å². The quantitative estimate of drug-likeness (QED) is 0.866. The van der Waals surface area contributed by atoms with Crippen molar-refractivity contribution in [2.24, 2.45) is 11.8 Å². The third-order valence-corrected chi connectivity index (χ3v) is 5.24. The predicted octanol–water partition coefficient (Wildman–Crippen LogP) is 2.25. The number of hydrogen-bond acceptors (Lipinski definition) is 4. The average Bonchev–Trinajstić information content (AvgIpc) is 3.21. The van der Waals surface area contributed by atoms with E-state index in [4.69, 9.17) is 11.6 Å². The first kappa shape index (κ1) is 18.2. The van der Waals surface area contributed by atoms with Crippen LogP contribution in [0.4, 0.5) is 0 Å². The predicted molar refractivity (Wildman–Crippen MR) is 98.8 cm³/mol. The summed E-state index contributed by atoms with van der Waals surface area (Å²) in [5.74, 6) is 1.63. The highest BCUT2D eigenvalue weighted by molar-refractivity contribution is 6.33. The zero-order valence-corrected chi connectivity index (χ0v) is 15.8. The number of amides is 1. The van der Waals surface area contributed by atoms with E-state index >= 15 is 0 Å². The molecule has 1 amide bonds. The molecule has 0 aromatic carbocycles. The molecule has 2 saturated heterocycles. The number of likely N-dealkylation sites (tertiary alicyclic amines) is 1. The number of pyridine rings is 1. The number of nitrogens with one attached hydrogen (secondary N) is 1. The van der Waals surface area contributed by atoms with Gasteiger partial charge in [-0.1, -0.05) is 11.6 Å². The number of carbonyl (C=O) groups is 1. The molecule has 4 rings (SSSR count). The molecule has 4 heterocycles. The smallest absolute Gasteiger partial charge is 0.274 e. The zero-order valence-electron chi connectivity index (χ0n) is 14.2. The number of hydrogen-bond donors (Lipinski definition) is 1. The van der Waals surface area contributed by atoms with E-state index in [1.54, 1.807) is 16.8 Å². The number of aryl methyl sites for hydroxylation is 2. The van der Waals surface area contributed by atoms with Gasteiger partial charge in [0.1, 0.15) is 5.69 Å². The van der Waals surface area contributed by atoms with Crippen molar-refractivity contribution >= 4 is 29.9 Å². The lowest BCUT2D eigenvalue weighted by molar-refractivity contribution is 0.0776. The number of carbonyl (C=O) groups excluding carboxylic acids is 1. The first-order valence-electron chi connectivity index (χ1n) is 8.23. The number of halogens is 2. The minimum absolute atomic E-state index is 0. The number of fused-ring (bicyclic) bond motifs is 1. The van der Waals surface area contributed by atoms with Crippen molar-refractivity contribution in [1.82, 2.24) is 25.0 Å². The van der Waals surface area contributed by atoms with Crippen LogP contribution in [0.1, 0.15) is 21.9 Å². The van der Waals surface area contributed by atoms with Crippen LogP contribution in [0, 0.1) is 25.7 Å². The minimum atomic E-state index is -0.0854. The summed E-state index contributed by atoms with van der Waals surface area (Å²) in [6.07, 6.45) is 0. The fraction of sp³-hybridized carbons (Fsp3) is 0.471. The summed E-state index contributed by atoms with van der Waals surface area (Å²) in [4.78, 5) is 19.3. The molecular weight excluding hydrogens is 361 g/mol. The molecule has 0 bridgehead atoms. The van der Waals surface area contributed by atoms with E-state index in [2.05, 4.69) is 15.4 Å². The molecule has 0 radical (unpaired) electrons. The van der Waals surface area contributed by atoms with Gasteiger partial charge in [0.15, 0.2) is 5.82 Å². The maximum Gasteiger partial charge on any atom is 0.274 e. The molecular formula is C17H21Cl2N5O. The second kappa shape index (κ2) is 6.94. The van der Waals surface area contributed by atoms with Crippen LogP contribution in [0.15, 0.2) is 18.2 Å². The summed E-state index contributed by atoms with van der Waals surface area (Å²) in [5.41, 5.74) is 2.20. The molecule has 0 saturated carbocycles.